The first kappa shape index (κ1) is 19.9. The fourth-order valence-corrected chi connectivity index (χ4v) is 3.92. The van der Waals surface area contributed by atoms with Crippen LogP contribution in [-0.2, 0) is 6.54 Å². The summed E-state index contributed by atoms with van der Waals surface area (Å²) in [6, 6.07) is 15.4. The normalized spacial score (nSPS) is 16.2. The number of carbonyl (C=O) groups is 1. The molecule has 156 valence electrons. The second-order valence-corrected chi connectivity index (χ2v) is 7.70. The highest BCUT2D eigenvalue weighted by molar-refractivity contribution is 5.79. The number of benzene rings is 2. The Hall–Kier alpha value is -3.35. The lowest BCUT2D eigenvalue weighted by molar-refractivity contribution is 0.155. The van der Waals surface area contributed by atoms with Gasteiger partial charge >= 0.3 is 6.09 Å². The van der Waals surface area contributed by atoms with Gasteiger partial charge in [-0.15, -0.1) is 0 Å². The lowest BCUT2D eigenvalue weighted by atomic mass is 10.1. The molecule has 2 N–H and O–H groups in total. The van der Waals surface area contributed by atoms with Crippen molar-refractivity contribution < 1.29 is 9.90 Å². The summed E-state index contributed by atoms with van der Waals surface area (Å²) in [4.78, 5) is 30.4. The summed E-state index contributed by atoms with van der Waals surface area (Å²) in [5, 5.41) is 13.1. The largest absolute Gasteiger partial charge is 0.465 e. The zero-order chi connectivity index (χ0) is 21.1. The molecule has 1 aliphatic rings. The van der Waals surface area contributed by atoms with E-state index >= 15 is 0 Å². The zero-order valence-corrected chi connectivity index (χ0v) is 17.0. The van der Waals surface area contributed by atoms with Crippen molar-refractivity contribution in [3.05, 3.63) is 58.9 Å². The number of amides is 1. The number of hydrogen-bond acceptors (Lipinski definition) is 4. The summed E-state index contributed by atoms with van der Waals surface area (Å²) in [5.74, 6) is 0.677. The molecule has 1 unspecified atom stereocenters. The van der Waals surface area contributed by atoms with Crippen LogP contribution < -0.4 is 10.9 Å². The first-order valence-corrected chi connectivity index (χ1v) is 10.4. The molecule has 1 aromatic heterocycles. The topological polar surface area (TPSA) is 87.5 Å². The average Bonchev–Trinajstić information content (AvgIpc) is 3.22. The molecule has 0 spiro atoms. The highest BCUT2D eigenvalue weighted by Gasteiger charge is 2.25. The second-order valence-electron chi connectivity index (χ2n) is 7.70. The van der Waals surface area contributed by atoms with Gasteiger partial charge in [0.05, 0.1) is 10.9 Å². The van der Waals surface area contributed by atoms with Crippen molar-refractivity contribution in [2.45, 2.75) is 38.8 Å². The second kappa shape index (κ2) is 8.57. The first-order chi connectivity index (χ1) is 14.6. The fourth-order valence-electron chi connectivity index (χ4n) is 3.92. The fraction of sp³-hybridized carbons (Fsp3) is 0.348. The van der Waals surface area contributed by atoms with E-state index in [0.29, 0.717) is 36.4 Å². The van der Waals surface area contributed by atoms with Crippen molar-refractivity contribution in [1.29, 1.82) is 0 Å². The Labute approximate surface area is 175 Å². The molecule has 2 heterocycles. The maximum Gasteiger partial charge on any atom is 0.407 e. The van der Waals surface area contributed by atoms with Crippen LogP contribution in [0.15, 0.2) is 53.3 Å². The van der Waals surface area contributed by atoms with E-state index < -0.39 is 6.09 Å². The molecule has 2 aromatic carbocycles. The predicted molar refractivity (Wildman–Crippen MR) is 118 cm³/mol. The molecule has 0 radical (unpaired) electrons. The number of nitrogens with one attached hydrogen (secondary N) is 1. The molecular formula is C23H26N4O3. The van der Waals surface area contributed by atoms with Gasteiger partial charge in [0.1, 0.15) is 5.82 Å². The van der Waals surface area contributed by atoms with E-state index in [2.05, 4.69) is 12.2 Å². The van der Waals surface area contributed by atoms with Crippen molar-refractivity contribution in [3.8, 4) is 11.4 Å². The van der Waals surface area contributed by atoms with Crippen molar-refractivity contribution in [2.75, 3.05) is 18.4 Å². The number of unbranched alkanes of at least 4 members (excludes halogenated alkanes) is 1. The van der Waals surface area contributed by atoms with Crippen LogP contribution in [0.4, 0.5) is 10.5 Å². The number of carboxylic acid groups (broad SMARTS) is 1. The molecule has 3 aromatic rings. The number of anilines is 1. The van der Waals surface area contributed by atoms with Gasteiger partial charge < -0.3 is 15.3 Å². The standard InChI is InChI=1S/C23H26N4O3/c1-2-3-13-27-21(25-20-7-5-4-6-19(20)22(27)28)16-8-10-17(11-9-16)24-18-12-14-26(15-18)23(29)30/h4-11,18,24H,2-3,12-15H2,1H3,(H,29,30). The summed E-state index contributed by atoms with van der Waals surface area (Å²) in [7, 11) is 0. The number of hydrogen-bond donors (Lipinski definition) is 2. The Kier molecular flexibility index (Phi) is 5.70. The molecule has 1 amide bonds. The monoisotopic (exact) mass is 406 g/mol. The third-order valence-electron chi connectivity index (χ3n) is 5.57. The summed E-state index contributed by atoms with van der Waals surface area (Å²) in [5.41, 5.74) is 2.51. The van der Waals surface area contributed by atoms with Crippen LogP contribution >= 0.6 is 0 Å². The van der Waals surface area contributed by atoms with Crippen LogP contribution in [0, 0.1) is 0 Å². The molecule has 0 aliphatic carbocycles. The minimum Gasteiger partial charge on any atom is -0.465 e. The van der Waals surface area contributed by atoms with Crippen LogP contribution in [0.2, 0.25) is 0 Å². The number of likely N-dealkylation sites (tertiary alicyclic amines) is 1. The van der Waals surface area contributed by atoms with E-state index in [1.165, 1.54) is 4.90 Å². The van der Waals surface area contributed by atoms with E-state index in [1.54, 1.807) is 4.57 Å². The molecule has 1 atom stereocenters. The Morgan fingerprint density at radius 3 is 2.67 bits per heavy atom. The highest BCUT2D eigenvalue weighted by Crippen LogP contribution is 2.23. The molecule has 4 rings (SSSR count). The van der Waals surface area contributed by atoms with Crippen LogP contribution in [0.5, 0.6) is 0 Å². The van der Waals surface area contributed by atoms with E-state index in [4.69, 9.17) is 10.1 Å². The maximum atomic E-state index is 13.1. The molecular weight excluding hydrogens is 380 g/mol. The molecule has 1 saturated heterocycles. The zero-order valence-electron chi connectivity index (χ0n) is 17.0. The third kappa shape index (κ3) is 4.01. The van der Waals surface area contributed by atoms with Gasteiger partial charge in [0.2, 0.25) is 0 Å². The molecule has 30 heavy (non-hydrogen) atoms. The van der Waals surface area contributed by atoms with Crippen LogP contribution in [0.3, 0.4) is 0 Å². The summed E-state index contributed by atoms with van der Waals surface area (Å²) < 4.78 is 1.77. The lowest BCUT2D eigenvalue weighted by Gasteiger charge is -2.16. The lowest BCUT2D eigenvalue weighted by Crippen LogP contribution is -2.30. The number of aromatic nitrogens is 2. The van der Waals surface area contributed by atoms with E-state index in [0.717, 1.165) is 30.5 Å². The Morgan fingerprint density at radius 2 is 1.97 bits per heavy atom. The van der Waals surface area contributed by atoms with Gasteiger partial charge in [-0.1, -0.05) is 25.5 Å². The predicted octanol–water partition coefficient (Wildman–Crippen LogP) is 4.03. The van der Waals surface area contributed by atoms with Gasteiger partial charge in [-0.2, -0.15) is 0 Å². The van der Waals surface area contributed by atoms with Gasteiger partial charge in [0, 0.05) is 36.9 Å². The van der Waals surface area contributed by atoms with Crippen molar-refractivity contribution in [2.24, 2.45) is 0 Å². The average molecular weight is 406 g/mol. The molecule has 1 aliphatic heterocycles. The minimum absolute atomic E-state index is 0.00836. The van der Waals surface area contributed by atoms with Crippen molar-refractivity contribution in [3.63, 3.8) is 0 Å². The van der Waals surface area contributed by atoms with Gasteiger partial charge in [-0.3, -0.25) is 9.36 Å². The third-order valence-corrected chi connectivity index (χ3v) is 5.57. The van der Waals surface area contributed by atoms with Crippen molar-refractivity contribution in [1.82, 2.24) is 14.5 Å². The molecule has 0 bridgehead atoms. The summed E-state index contributed by atoms with van der Waals surface area (Å²) in [6.45, 7) is 3.78. The quantitative estimate of drug-likeness (QED) is 0.645. The molecule has 1 fully saturated rings. The molecule has 7 nitrogen and oxygen atoms in total. The summed E-state index contributed by atoms with van der Waals surface area (Å²) >= 11 is 0. The highest BCUT2D eigenvalue weighted by atomic mass is 16.4. The number of nitrogens with zero attached hydrogens (tertiary/aromatic N) is 3. The van der Waals surface area contributed by atoms with E-state index in [-0.39, 0.29) is 11.6 Å². The smallest absolute Gasteiger partial charge is 0.407 e. The summed E-state index contributed by atoms with van der Waals surface area (Å²) in [6.07, 6.45) is 1.82. The van der Waals surface area contributed by atoms with Crippen LogP contribution in [0.1, 0.15) is 26.2 Å². The van der Waals surface area contributed by atoms with E-state index in [9.17, 15) is 9.59 Å². The van der Waals surface area contributed by atoms with Gasteiger partial charge in [0.15, 0.2) is 0 Å². The Bertz CT molecular complexity index is 1110. The minimum atomic E-state index is -0.873. The van der Waals surface area contributed by atoms with Gasteiger partial charge in [0.25, 0.3) is 5.56 Å². The van der Waals surface area contributed by atoms with Crippen LogP contribution in [0.25, 0.3) is 22.3 Å². The van der Waals surface area contributed by atoms with Gasteiger partial charge in [-0.25, -0.2) is 9.78 Å². The molecule has 0 saturated carbocycles. The first-order valence-electron chi connectivity index (χ1n) is 10.4. The Morgan fingerprint density at radius 1 is 1.20 bits per heavy atom. The number of para-hydroxylation sites is 1. The number of fused-ring (bicyclic) bond motifs is 1. The SMILES string of the molecule is CCCCn1c(-c2ccc(NC3CCN(C(=O)O)C3)cc2)nc2ccccc2c1=O. The maximum absolute atomic E-state index is 13.1. The van der Waals surface area contributed by atoms with Crippen LogP contribution in [-0.4, -0.2) is 44.8 Å². The molecule has 7 heteroatoms. The Balaban J connectivity index is 1.62. The number of rotatable bonds is 6. The van der Waals surface area contributed by atoms with E-state index in [1.807, 2.05) is 48.5 Å². The van der Waals surface area contributed by atoms with Gasteiger partial charge in [-0.05, 0) is 49.2 Å². The van der Waals surface area contributed by atoms with Crippen molar-refractivity contribution >= 4 is 22.7 Å².